The third-order valence-corrected chi connectivity index (χ3v) is 4.57. The number of nitrogens with zero attached hydrogens (tertiary/aromatic N) is 1. The first-order valence-electron chi connectivity index (χ1n) is 9.81. The van der Waals surface area contributed by atoms with Crippen LogP contribution in [0.1, 0.15) is 43.2 Å². The molecule has 0 aliphatic heterocycles. The van der Waals surface area contributed by atoms with Gasteiger partial charge in [-0.15, -0.1) is 0 Å². The van der Waals surface area contributed by atoms with Crippen LogP contribution in [0.25, 0.3) is 0 Å². The highest BCUT2D eigenvalue weighted by atomic mass is 19.4. The van der Waals surface area contributed by atoms with Crippen molar-refractivity contribution in [3.05, 3.63) is 29.3 Å². The van der Waals surface area contributed by atoms with Gasteiger partial charge in [-0.3, -0.25) is 9.79 Å². The maximum Gasteiger partial charge on any atom is 0.490 e. The molecule has 1 aromatic rings. The number of carboxylic acid groups (broad SMARTS) is 2. The van der Waals surface area contributed by atoms with E-state index in [1.54, 1.807) is 0 Å². The number of nitrogens with two attached hydrogens (primary N) is 2. The van der Waals surface area contributed by atoms with Crippen molar-refractivity contribution in [1.82, 2.24) is 0 Å². The van der Waals surface area contributed by atoms with Crippen molar-refractivity contribution < 1.29 is 37.7 Å². The number of fused-ring (bicyclic) bond motifs is 1. The number of aliphatic imine (C=N–C) groups is 1. The number of hydrogen-bond acceptors (Lipinski definition) is 4. The third kappa shape index (κ3) is 11.1. The largest absolute Gasteiger partial charge is 0.494 e. The number of aliphatic carboxylic acids is 2. The molecule has 0 aromatic heterocycles. The van der Waals surface area contributed by atoms with E-state index < -0.39 is 18.1 Å². The normalized spacial score (nSPS) is 15.5. The van der Waals surface area contributed by atoms with Gasteiger partial charge >= 0.3 is 18.1 Å². The van der Waals surface area contributed by atoms with Crippen molar-refractivity contribution in [2.75, 3.05) is 13.2 Å². The van der Waals surface area contributed by atoms with Gasteiger partial charge in [-0.25, -0.2) is 4.79 Å². The molecule has 0 heterocycles. The van der Waals surface area contributed by atoms with Crippen molar-refractivity contribution in [3.63, 3.8) is 0 Å². The topological polar surface area (TPSA) is 148 Å². The summed E-state index contributed by atoms with van der Waals surface area (Å²) in [4.78, 5) is 23.8. The number of benzene rings is 1. The zero-order valence-electron chi connectivity index (χ0n) is 17.0. The number of guanidine groups is 1. The summed E-state index contributed by atoms with van der Waals surface area (Å²) in [6.07, 6.45) is 0.791. The molecule has 0 spiro atoms. The monoisotopic (exact) mass is 447 g/mol. The van der Waals surface area contributed by atoms with E-state index >= 15 is 0 Å². The van der Waals surface area contributed by atoms with Crippen molar-refractivity contribution in [3.8, 4) is 5.75 Å². The zero-order chi connectivity index (χ0) is 23.4. The maximum absolute atomic E-state index is 11.0. The smallest absolute Gasteiger partial charge is 0.490 e. The van der Waals surface area contributed by atoms with Gasteiger partial charge in [-0.1, -0.05) is 6.07 Å². The fourth-order valence-corrected chi connectivity index (χ4v) is 3.15. The number of halogens is 3. The molecule has 0 saturated carbocycles. The van der Waals surface area contributed by atoms with E-state index in [4.69, 9.17) is 31.2 Å². The summed E-state index contributed by atoms with van der Waals surface area (Å²) >= 11 is 0. The van der Waals surface area contributed by atoms with Crippen LogP contribution in [0.3, 0.4) is 0 Å². The lowest BCUT2D eigenvalue weighted by molar-refractivity contribution is -0.192. The van der Waals surface area contributed by atoms with E-state index in [0.29, 0.717) is 13.2 Å². The standard InChI is InChI=1S/C18H27N3O3.C2HF3O2/c19-18(20)21-8-1-2-9-24-16-7-6-14-5-3-4-13(11-17(22)23)10-15(14)12-16;3-2(4,5)1(6)7/h6-7,12-13H,1-5,8-11H2,(H,22,23)(H4,19,20,21);(H,6,7). The molecule has 2 rings (SSSR count). The fraction of sp³-hybridized carbons (Fsp3) is 0.550. The molecule has 8 nitrogen and oxygen atoms in total. The lowest BCUT2D eigenvalue weighted by Gasteiger charge is -2.13. The molecular formula is C20H28F3N3O5. The molecule has 31 heavy (non-hydrogen) atoms. The second kappa shape index (κ2) is 12.7. The maximum atomic E-state index is 11.0. The van der Waals surface area contributed by atoms with Gasteiger partial charge in [-0.05, 0) is 67.7 Å². The van der Waals surface area contributed by atoms with E-state index in [1.165, 1.54) is 11.1 Å². The van der Waals surface area contributed by atoms with Gasteiger partial charge in [0.15, 0.2) is 5.96 Å². The van der Waals surface area contributed by atoms with Crippen LogP contribution in [-0.4, -0.2) is 47.4 Å². The summed E-state index contributed by atoms with van der Waals surface area (Å²) in [6, 6.07) is 6.20. The number of alkyl halides is 3. The molecule has 0 amide bonds. The number of carbonyl (C=O) groups is 2. The minimum atomic E-state index is -5.08. The van der Waals surface area contributed by atoms with Crippen LogP contribution >= 0.6 is 0 Å². The van der Waals surface area contributed by atoms with E-state index in [2.05, 4.69) is 17.1 Å². The molecule has 1 aromatic carbocycles. The van der Waals surface area contributed by atoms with Crippen LogP contribution in [0.2, 0.25) is 0 Å². The van der Waals surface area contributed by atoms with Crippen LogP contribution in [-0.2, 0) is 22.4 Å². The molecule has 0 radical (unpaired) electrons. The highest BCUT2D eigenvalue weighted by Gasteiger charge is 2.38. The van der Waals surface area contributed by atoms with Crippen molar-refractivity contribution in [2.45, 2.75) is 51.1 Å². The van der Waals surface area contributed by atoms with Gasteiger partial charge in [0.25, 0.3) is 0 Å². The first kappa shape index (κ1) is 26.1. The van der Waals surface area contributed by atoms with Gasteiger partial charge in [0.2, 0.25) is 0 Å². The molecule has 1 aliphatic rings. The summed E-state index contributed by atoms with van der Waals surface area (Å²) < 4.78 is 37.5. The summed E-state index contributed by atoms with van der Waals surface area (Å²) in [7, 11) is 0. The third-order valence-electron chi connectivity index (χ3n) is 4.57. The molecule has 1 atom stereocenters. The van der Waals surface area contributed by atoms with Crippen LogP contribution in [0.4, 0.5) is 13.2 Å². The minimum Gasteiger partial charge on any atom is -0.494 e. The molecule has 174 valence electrons. The first-order valence-corrected chi connectivity index (χ1v) is 9.81. The first-order chi connectivity index (χ1) is 14.5. The molecule has 11 heteroatoms. The average Bonchev–Trinajstić information content (AvgIpc) is 2.84. The zero-order valence-corrected chi connectivity index (χ0v) is 17.0. The van der Waals surface area contributed by atoms with Crippen molar-refractivity contribution in [1.29, 1.82) is 0 Å². The molecule has 0 saturated heterocycles. The molecule has 6 N–H and O–H groups in total. The Labute approximate surface area is 178 Å². The Morgan fingerprint density at radius 3 is 2.42 bits per heavy atom. The lowest BCUT2D eigenvalue weighted by Crippen LogP contribution is -2.23. The minimum absolute atomic E-state index is 0.123. The van der Waals surface area contributed by atoms with Crippen LogP contribution in [0.15, 0.2) is 23.2 Å². The van der Waals surface area contributed by atoms with Crippen LogP contribution in [0.5, 0.6) is 5.75 Å². The summed E-state index contributed by atoms with van der Waals surface area (Å²) in [6.45, 7) is 1.24. The Morgan fingerprint density at radius 2 is 1.84 bits per heavy atom. The van der Waals surface area contributed by atoms with Gasteiger partial charge < -0.3 is 26.4 Å². The van der Waals surface area contributed by atoms with E-state index in [0.717, 1.165) is 44.3 Å². The Balaban J connectivity index is 0.000000592. The Hall–Kier alpha value is -2.98. The predicted molar refractivity (Wildman–Crippen MR) is 108 cm³/mol. The Bertz CT molecular complexity index is 765. The Morgan fingerprint density at radius 1 is 1.16 bits per heavy atom. The van der Waals surface area contributed by atoms with E-state index in [-0.39, 0.29) is 18.3 Å². The number of rotatable bonds is 8. The van der Waals surface area contributed by atoms with Crippen molar-refractivity contribution in [2.24, 2.45) is 22.4 Å². The second-order valence-electron chi connectivity index (χ2n) is 7.16. The molecule has 1 unspecified atom stereocenters. The average molecular weight is 447 g/mol. The highest BCUT2D eigenvalue weighted by Crippen LogP contribution is 2.29. The van der Waals surface area contributed by atoms with Crippen molar-refractivity contribution >= 4 is 17.9 Å². The highest BCUT2D eigenvalue weighted by molar-refractivity contribution is 5.75. The fourth-order valence-electron chi connectivity index (χ4n) is 3.15. The SMILES string of the molecule is NC(N)=NCCCCOc1ccc2c(c1)CC(CC(=O)O)CCC2.O=C(O)C(F)(F)F. The summed E-state index contributed by atoms with van der Waals surface area (Å²) in [5, 5.41) is 16.2. The number of ether oxygens (including phenoxy) is 1. The molecule has 0 bridgehead atoms. The number of carboxylic acids is 2. The predicted octanol–water partition coefficient (Wildman–Crippen LogP) is 2.72. The van der Waals surface area contributed by atoms with Gasteiger partial charge in [0, 0.05) is 13.0 Å². The second-order valence-corrected chi connectivity index (χ2v) is 7.16. The van der Waals surface area contributed by atoms with Gasteiger partial charge in [0.1, 0.15) is 5.75 Å². The van der Waals surface area contributed by atoms with Crippen LogP contribution < -0.4 is 16.2 Å². The van der Waals surface area contributed by atoms with Gasteiger partial charge in [0.05, 0.1) is 6.61 Å². The van der Waals surface area contributed by atoms with Crippen LogP contribution in [0, 0.1) is 5.92 Å². The summed E-state index contributed by atoms with van der Waals surface area (Å²) in [5.74, 6) is -2.27. The molecule has 0 fully saturated rings. The quantitative estimate of drug-likeness (QED) is 0.207. The van der Waals surface area contributed by atoms with E-state index in [1.807, 2.05) is 6.07 Å². The molecule has 1 aliphatic carbocycles. The Kier molecular flexibility index (Phi) is 10.6. The number of unbranched alkanes of at least 4 members (excludes halogenated alkanes) is 1. The lowest BCUT2D eigenvalue weighted by atomic mass is 9.94. The van der Waals surface area contributed by atoms with Gasteiger partial charge in [-0.2, -0.15) is 13.2 Å². The van der Waals surface area contributed by atoms with E-state index in [9.17, 15) is 18.0 Å². The molecular weight excluding hydrogens is 419 g/mol. The number of aryl methyl sites for hydroxylation is 1. The summed E-state index contributed by atoms with van der Waals surface area (Å²) in [5.41, 5.74) is 13.1. The number of hydrogen-bond donors (Lipinski definition) is 4.